The summed E-state index contributed by atoms with van der Waals surface area (Å²) in [5.41, 5.74) is 0.458. The van der Waals surface area contributed by atoms with Crippen LogP contribution in [0.3, 0.4) is 0 Å². The van der Waals surface area contributed by atoms with E-state index in [9.17, 15) is 14.0 Å². The normalized spacial score (nSPS) is 11.9. The number of carbonyl (C=O) groups excluding carboxylic acids is 2. The van der Waals surface area contributed by atoms with Crippen LogP contribution >= 0.6 is 15.9 Å². The van der Waals surface area contributed by atoms with Crippen LogP contribution in [0.2, 0.25) is 0 Å². The van der Waals surface area contributed by atoms with Gasteiger partial charge in [-0.3, -0.25) is 9.59 Å². The molecule has 5 heteroatoms. The summed E-state index contributed by atoms with van der Waals surface area (Å²) in [6.07, 6.45) is 1.41. The highest BCUT2D eigenvalue weighted by Crippen LogP contribution is 2.17. The van der Waals surface area contributed by atoms with Gasteiger partial charge in [0.2, 0.25) is 0 Å². The van der Waals surface area contributed by atoms with E-state index in [1.165, 1.54) is 24.3 Å². The fraction of sp³-hybridized carbons (Fsp3) is 0.429. The summed E-state index contributed by atoms with van der Waals surface area (Å²) >= 11 is 3.29. The van der Waals surface area contributed by atoms with Crippen LogP contribution in [0.25, 0.3) is 0 Å². The number of carbonyl (C=O) groups is 2. The van der Waals surface area contributed by atoms with Crippen molar-refractivity contribution in [1.29, 1.82) is 0 Å². The van der Waals surface area contributed by atoms with E-state index in [0.29, 0.717) is 31.4 Å². The van der Waals surface area contributed by atoms with Crippen LogP contribution in [0, 0.1) is 5.82 Å². The molecule has 19 heavy (non-hydrogen) atoms. The highest BCUT2D eigenvalue weighted by molar-refractivity contribution is 9.10. The lowest BCUT2D eigenvalue weighted by atomic mass is 10.0. The van der Waals surface area contributed by atoms with Crippen molar-refractivity contribution < 1.29 is 18.7 Å². The second kappa shape index (κ2) is 8.04. The number of alkyl halides is 1. The Hall–Kier alpha value is -1.23. The van der Waals surface area contributed by atoms with Crippen molar-refractivity contribution in [3.63, 3.8) is 0 Å². The van der Waals surface area contributed by atoms with Crippen molar-refractivity contribution in [2.75, 3.05) is 6.61 Å². The van der Waals surface area contributed by atoms with Crippen molar-refractivity contribution in [3.8, 4) is 0 Å². The first-order valence-corrected chi connectivity index (χ1v) is 7.05. The summed E-state index contributed by atoms with van der Waals surface area (Å²) in [4.78, 5) is 22.7. The number of halogens is 2. The van der Waals surface area contributed by atoms with Crippen LogP contribution < -0.4 is 0 Å². The Morgan fingerprint density at radius 1 is 1.32 bits per heavy atom. The molecular formula is C14H16BrFO3. The topological polar surface area (TPSA) is 43.4 Å². The molecule has 1 unspecified atom stereocenters. The van der Waals surface area contributed by atoms with Crippen molar-refractivity contribution in [2.45, 2.75) is 31.0 Å². The summed E-state index contributed by atoms with van der Waals surface area (Å²) in [6, 6.07) is 5.42. The molecule has 3 nitrogen and oxygen atoms in total. The molecule has 0 fully saturated rings. The first-order valence-electron chi connectivity index (χ1n) is 6.14. The third-order valence-electron chi connectivity index (χ3n) is 2.56. The van der Waals surface area contributed by atoms with Crippen molar-refractivity contribution in [3.05, 3.63) is 35.6 Å². The molecule has 1 rings (SSSR count). The minimum absolute atomic E-state index is 0.108. The Labute approximate surface area is 120 Å². The van der Waals surface area contributed by atoms with Gasteiger partial charge >= 0.3 is 5.97 Å². The number of ether oxygens (including phenoxy) is 1. The number of Topliss-reactive ketones (excluding diaryl/α,β-unsaturated/α-hetero) is 1. The van der Waals surface area contributed by atoms with E-state index in [0.717, 1.165) is 0 Å². The zero-order valence-corrected chi connectivity index (χ0v) is 12.3. The number of rotatable bonds is 7. The molecular weight excluding hydrogens is 315 g/mol. The molecule has 0 bridgehead atoms. The van der Waals surface area contributed by atoms with E-state index in [-0.39, 0.29) is 22.4 Å². The van der Waals surface area contributed by atoms with Gasteiger partial charge in [-0.15, -0.1) is 0 Å². The van der Waals surface area contributed by atoms with Gasteiger partial charge in [0, 0.05) is 12.0 Å². The Kier molecular flexibility index (Phi) is 6.70. The first kappa shape index (κ1) is 15.8. The van der Waals surface area contributed by atoms with Gasteiger partial charge in [-0.1, -0.05) is 15.9 Å². The van der Waals surface area contributed by atoms with E-state index >= 15 is 0 Å². The average Bonchev–Trinajstić information content (AvgIpc) is 2.39. The number of ketones is 1. The summed E-state index contributed by atoms with van der Waals surface area (Å²) in [7, 11) is 0. The van der Waals surface area contributed by atoms with Gasteiger partial charge in [0.25, 0.3) is 0 Å². The molecule has 0 N–H and O–H groups in total. The molecule has 0 heterocycles. The van der Waals surface area contributed by atoms with E-state index in [4.69, 9.17) is 4.74 Å². The summed E-state index contributed by atoms with van der Waals surface area (Å²) in [5, 5.41) is 0. The molecule has 0 aliphatic carbocycles. The highest BCUT2D eigenvalue weighted by Gasteiger charge is 2.17. The third-order valence-corrected chi connectivity index (χ3v) is 3.43. The minimum Gasteiger partial charge on any atom is -0.466 e. The van der Waals surface area contributed by atoms with Crippen LogP contribution in [-0.4, -0.2) is 23.2 Å². The van der Waals surface area contributed by atoms with Gasteiger partial charge in [0.15, 0.2) is 5.78 Å². The monoisotopic (exact) mass is 330 g/mol. The van der Waals surface area contributed by atoms with Gasteiger partial charge in [-0.05, 0) is 44.0 Å². The number of hydrogen-bond acceptors (Lipinski definition) is 3. The maximum atomic E-state index is 12.7. The largest absolute Gasteiger partial charge is 0.466 e. The standard InChI is InChI=1S/C14H16BrFO3/c1-2-19-13(17)5-3-4-12(15)14(18)10-6-8-11(16)9-7-10/h6-9,12H,2-5H2,1H3. The SMILES string of the molecule is CCOC(=O)CCCC(Br)C(=O)c1ccc(F)cc1. The molecule has 1 atom stereocenters. The maximum absolute atomic E-state index is 12.7. The van der Waals surface area contributed by atoms with Gasteiger partial charge < -0.3 is 4.74 Å². The quantitative estimate of drug-likeness (QED) is 0.436. The predicted molar refractivity (Wildman–Crippen MR) is 73.9 cm³/mol. The van der Waals surface area contributed by atoms with Gasteiger partial charge in [-0.2, -0.15) is 0 Å². The summed E-state index contributed by atoms with van der Waals surface area (Å²) in [6.45, 7) is 2.12. The molecule has 0 saturated carbocycles. The van der Waals surface area contributed by atoms with Crippen LogP contribution in [0.15, 0.2) is 24.3 Å². The van der Waals surface area contributed by atoms with Gasteiger partial charge in [-0.25, -0.2) is 4.39 Å². The van der Waals surface area contributed by atoms with E-state index in [2.05, 4.69) is 15.9 Å². The lowest BCUT2D eigenvalue weighted by Gasteiger charge is -2.08. The Morgan fingerprint density at radius 3 is 2.53 bits per heavy atom. The van der Waals surface area contributed by atoms with Gasteiger partial charge in [0.05, 0.1) is 11.4 Å². The second-order valence-corrected chi connectivity index (χ2v) is 5.14. The first-order chi connectivity index (χ1) is 9.04. The Balaban J connectivity index is 2.41. The number of benzene rings is 1. The lowest BCUT2D eigenvalue weighted by molar-refractivity contribution is -0.143. The number of esters is 1. The molecule has 0 spiro atoms. The third kappa shape index (κ3) is 5.51. The molecule has 0 amide bonds. The minimum atomic E-state index is -0.370. The highest BCUT2D eigenvalue weighted by atomic mass is 79.9. The zero-order chi connectivity index (χ0) is 14.3. The fourth-order valence-electron chi connectivity index (χ4n) is 1.58. The van der Waals surface area contributed by atoms with E-state index in [1.54, 1.807) is 6.92 Å². The maximum Gasteiger partial charge on any atom is 0.305 e. The number of hydrogen-bond donors (Lipinski definition) is 0. The average molecular weight is 331 g/mol. The summed E-state index contributed by atoms with van der Waals surface area (Å²) in [5.74, 6) is -0.731. The van der Waals surface area contributed by atoms with Crippen molar-refractivity contribution in [1.82, 2.24) is 0 Å². The van der Waals surface area contributed by atoms with Crippen LogP contribution in [0.1, 0.15) is 36.5 Å². The van der Waals surface area contributed by atoms with E-state index in [1.807, 2.05) is 0 Å². The fourth-order valence-corrected chi connectivity index (χ4v) is 2.17. The second-order valence-electron chi connectivity index (χ2n) is 4.04. The van der Waals surface area contributed by atoms with Crippen LogP contribution in [0.5, 0.6) is 0 Å². The van der Waals surface area contributed by atoms with Crippen LogP contribution in [-0.2, 0) is 9.53 Å². The lowest BCUT2D eigenvalue weighted by Crippen LogP contribution is -2.15. The van der Waals surface area contributed by atoms with Crippen molar-refractivity contribution in [2.24, 2.45) is 0 Å². The Morgan fingerprint density at radius 2 is 1.95 bits per heavy atom. The predicted octanol–water partition coefficient (Wildman–Crippen LogP) is 3.51. The molecule has 0 aromatic heterocycles. The zero-order valence-electron chi connectivity index (χ0n) is 10.7. The molecule has 1 aromatic carbocycles. The van der Waals surface area contributed by atoms with E-state index < -0.39 is 0 Å². The molecule has 0 saturated heterocycles. The van der Waals surface area contributed by atoms with Crippen molar-refractivity contribution >= 4 is 27.7 Å². The molecule has 0 radical (unpaired) electrons. The molecule has 1 aromatic rings. The Bertz CT molecular complexity index is 431. The molecule has 104 valence electrons. The summed E-state index contributed by atoms with van der Waals surface area (Å²) < 4.78 is 17.5. The smallest absolute Gasteiger partial charge is 0.305 e. The molecule has 0 aliphatic heterocycles. The molecule has 0 aliphatic rings. The van der Waals surface area contributed by atoms with Gasteiger partial charge in [0.1, 0.15) is 5.82 Å². The van der Waals surface area contributed by atoms with Crippen LogP contribution in [0.4, 0.5) is 4.39 Å².